The van der Waals surface area contributed by atoms with Gasteiger partial charge in [-0.05, 0) is 44.7 Å². The Kier molecular flexibility index (Phi) is 3.35. The van der Waals surface area contributed by atoms with E-state index in [4.69, 9.17) is 0 Å². The third-order valence-corrected chi connectivity index (χ3v) is 8.13. The zero-order valence-electron chi connectivity index (χ0n) is 12.3. The molecule has 2 aliphatic heterocycles. The molecule has 0 aliphatic carbocycles. The normalized spacial score (nSPS) is 29.0. The SMILES string of the molecule is Cc1ccc(S(=O)(=O)N2C3CCC2CC(n2nccn2)C3)s1. The van der Waals surface area contributed by atoms with Crippen LogP contribution in [0.5, 0.6) is 0 Å². The Bertz CT molecular complexity index is 755. The second-order valence-electron chi connectivity index (χ2n) is 6.06. The predicted molar refractivity (Wildman–Crippen MR) is 83.2 cm³/mol. The molecule has 2 aliphatic rings. The Balaban J connectivity index is 1.63. The number of nitrogens with zero attached hydrogens (tertiary/aromatic N) is 4. The molecule has 0 spiro atoms. The fourth-order valence-corrected chi connectivity index (χ4v) is 7.03. The molecule has 0 radical (unpaired) electrons. The third-order valence-electron chi connectivity index (χ3n) is 4.65. The molecule has 2 bridgehead atoms. The first-order chi connectivity index (χ1) is 10.6. The Morgan fingerprint density at radius 2 is 1.73 bits per heavy atom. The number of hydrogen-bond acceptors (Lipinski definition) is 5. The van der Waals surface area contributed by atoms with Gasteiger partial charge in [0.2, 0.25) is 0 Å². The lowest BCUT2D eigenvalue weighted by Gasteiger charge is -2.37. The molecule has 4 rings (SSSR count). The van der Waals surface area contributed by atoms with E-state index in [0.29, 0.717) is 4.21 Å². The number of aryl methyl sites for hydroxylation is 1. The molecule has 2 unspecified atom stereocenters. The Hall–Kier alpha value is -1.25. The largest absolute Gasteiger partial charge is 0.253 e. The van der Waals surface area contributed by atoms with Gasteiger partial charge in [-0.1, -0.05) is 0 Å². The highest BCUT2D eigenvalue weighted by atomic mass is 32.2. The fraction of sp³-hybridized carbons (Fsp3) is 0.571. The molecule has 2 fully saturated rings. The van der Waals surface area contributed by atoms with E-state index in [1.54, 1.807) is 27.6 Å². The van der Waals surface area contributed by atoms with Gasteiger partial charge in [-0.25, -0.2) is 8.42 Å². The maximum absolute atomic E-state index is 13.0. The standard InChI is InChI=1S/C14H18N4O2S2/c1-10-2-5-14(21-10)22(19,20)17-11-3-4-12(17)9-13(8-11)18-15-6-7-16-18/h2,5-7,11-13H,3-4,8-9H2,1H3. The zero-order chi connectivity index (χ0) is 15.3. The van der Waals surface area contributed by atoms with Crippen molar-refractivity contribution in [1.29, 1.82) is 0 Å². The van der Waals surface area contributed by atoms with Crippen LogP contribution < -0.4 is 0 Å². The van der Waals surface area contributed by atoms with E-state index < -0.39 is 10.0 Å². The second-order valence-corrected chi connectivity index (χ2v) is 9.42. The minimum atomic E-state index is -3.37. The summed E-state index contributed by atoms with van der Waals surface area (Å²) in [5, 5.41) is 8.45. The molecule has 2 atom stereocenters. The van der Waals surface area contributed by atoms with E-state index in [1.807, 2.05) is 13.0 Å². The molecule has 0 saturated carbocycles. The smallest absolute Gasteiger partial charge is 0.206 e. The summed E-state index contributed by atoms with van der Waals surface area (Å²) in [6, 6.07) is 3.96. The second kappa shape index (κ2) is 5.14. The van der Waals surface area contributed by atoms with Crippen LogP contribution in [0.4, 0.5) is 0 Å². The van der Waals surface area contributed by atoms with Crippen LogP contribution in [0, 0.1) is 6.92 Å². The molecule has 0 aromatic carbocycles. The van der Waals surface area contributed by atoms with E-state index in [-0.39, 0.29) is 18.1 Å². The highest BCUT2D eigenvalue weighted by Gasteiger charge is 2.48. The first-order valence-electron chi connectivity index (χ1n) is 7.51. The molecule has 8 heteroatoms. The van der Waals surface area contributed by atoms with Crippen molar-refractivity contribution in [3.05, 3.63) is 29.4 Å². The average Bonchev–Trinajstić information content (AvgIpc) is 3.19. The summed E-state index contributed by atoms with van der Waals surface area (Å²) in [5.41, 5.74) is 0. The van der Waals surface area contributed by atoms with E-state index >= 15 is 0 Å². The molecule has 2 saturated heterocycles. The molecule has 22 heavy (non-hydrogen) atoms. The van der Waals surface area contributed by atoms with Crippen LogP contribution in [-0.2, 0) is 10.0 Å². The molecule has 6 nitrogen and oxygen atoms in total. The van der Waals surface area contributed by atoms with Gasteiger partial charge in [0, 0.05) is 17.0 Å². The van der Waals surface area contributed by atoms with Crippen molar-refractivity contribution in [1.82, 2.24) is 19.3 Å². The number of aromatic nitrogens is 3. The molecular formula is C14H18N4O2S2. The van der Waals surface area contributed by atoms with Crippen molar-refractivity contribution in [2.45, 2.75) is 54.9 Å². The van der Waals surface area contributed by atoms with Gasteiger partial charge in [-0.3, -0.25) is 0 Å². The molecule has 2 aromatic rings. The lowest BCUT2D eigenvalue weighted by atomic mass is 10.0. The zero-order valence-corrected chi connectivity index (χ0v) is 13.9. The van der Waals surface area contributed by atoms with Crippen LogP contribution in [-0.4, -0.2) is 39.8 Å². The summed E-state index contributed by atoms with van der Waals surface area (Å²) in [6.07, 6.45) is 6.83. The Morgan fingerprint density at radius 3 is 2.27 bits per heavy atom. The topological polar surface area (TPSA) is 68.1 Å². The molecule has 2 aromatic heterocycles. The van der Waals surface area contributed by atoms with Crippen LogP contribution in [0.15, 0.2) is 28.7 Å². The van der Waals surface area contributed by atoms with Gasteiger partial charge < -0.3 is 0 Å². The lowest BCUT2D eigenvalue weighted by molar-refractivity contribution is 0.175. The van der Waals surface area contributed by atoms with Crippen molar-refractivity contribution in [2.75, 3.05) is 0 Å². The van der Waals surface area contributed by atoms with E-state index in [0.717, 1.165) is 30.6 Å². The van der Waals surface area contributed by atoms with Crippen LogP contribution in [0.1, 0.15) is 36.6 Å². The van der Waals surface area contributed by atoms with Crippen molar-refractivity contribution in [3.8, 4) is 0 Å². The summed E-state index contributed by atoms with van der Waals surface area (Å²) >= 11 is 1.36. The van der Waals surface area contributed by atoms with Crippen LogP contribution >= 0.6 is 11.3 Å². The lowest BCUT2D eigenvalue weighted by Crippen LogP contribution is -2.46. The molecule has 0 amide bonds. The first-order valence-corrected chi connectivity index (χ1v) is 9.77. The van der Waals surface area contributed by atoms with E-state index in [1.165, 1.54) is 11.3 Å². The summed E-state index contributed by atoms with van der Waals surface area (Å²) in [4.78, 5) is 2.77. The number of thiophene rings is 1. The van der Waals surface area contributed by atoms with Crippen molar-refractivity contribution in [2.24, 2.45) is 0 Å². The Labute approximate surface area is 133 Å². The molecule has 0 N–H and O–H groups in total. The van der Waals surface area contributed by atoms with Gasteiger partial charge in [-0.2, -0.15) is 19.3 Å². The quantitative estimate of drug-likeness (QED) is 0.860. The first kappa shape index (κ1) is 14.3. The summed E-state index contributed by atoms with van der Waals surface area (Å²) < 4.78 is 28.1. The minimum Gasteiger partial charge on any atom is -0.206 e. The average molecular weight is 338 g/mol. The fourth-order valence-electron chi connectivity index (χ4n) is 3.76. The third kappa shape index (κ3) is 2.21. The van der Waals surface area contributed by atoms with Gasteiger partial charge in [-0.15, -0.1) is 11.3 Å². The maximum Gasteiger partial charge on any atom is 0.253 e. The van der Waals surface area contributed by atoms with Gasteiger partial charge in [0.15, 0.2) is 0 Å². The number of fused-ring (bicyclic) bond motifs is 2. The van der Waals surface area contributed by atoms with E-state index in [2.05, 4.69) is 10.2 Å². The van der Waals surface area contributed by atoms with Crippen molar-refractivity contribution in [3.63, 3.8) is 0 Å². The van der Waals surface area contributed by atoms with Crippen molar-refractivity contribution >= 4 is 21.4 Å². The van der Waals surface area contributed by atoms with Crippen LogP contribution in [0.3, 0.4) is 0 Å². The number of sulfonamides is 1. The van der Waals surface area contributed by atoms with Crippen LogP contribution in [0.2, 0.25) is 0 Å². The van der Waals surface area contributed by atoms with Gasteiger partial charge in [0.05, 0.1) is 18.4 Å². The monoisotopic (exact) mass is 338 g/mol. The minimum absolute atomic E-state index is 0.0714. The molecular weight excluding hydrogens is 320 g/mol. The van der Waals surface area contributed by atoms with E-state index in [9.17, 15) is 8.42 Å². The Morgan fingerprint density at radius 1 is 1.09 bits per heavy atom. The predicted octanol–water partition coefficient (Wildman–Crippen LogP) is 2.20. The number of rotatable bonds is 3. The van der Waals surface area contributed by atoms with Gasteiger partial charge in [0.25, 0.3) is 10.0 Å². The molecule has 118 valence electrons. The van der Waals surface area contributed by atoms with Gasteiger partial charge >= 0.3 is 0 Å². The summed E-state index contributed by atoms with van der Waals surface area (Å²) in [5.74, 6) is 0. The summed E-state index contributed by atoms with van der Waals surface area (Å²) in [7, 11) is -3.37. The highest BCUT2D eigenvalue weighted by molar-refractivity contribution is 7.91. The van der Waals surface area contributed by atoms with Gasteiger partial charge in [0.1, 0.15) is 4.21 Å². The summed E-state index contributed by atoms with van der Waals surface area (Å²) in [6.45, 7) is 1.94. The number of piperidine rings is 1. The van der Waals surface area contributed by atoms with Crippen LogP contribution in [0.25, 0.3) is 0 Å². The number of hydrogen-bond donors (Lipinski definition) is 0. The molecule has 4 heterocycles. The highest BCUT2D eigenvalue weighted by Crippen LogP contribution is 2.44. The van der Waals surface area contributed by atoms with Crippen molar-refractivity contribution < 1.29 is 8.42 Å². The maximum atomic E-state index is 13.0.